The van der Waals surface area contributed by atoms with Crippen molar-refractivity contribution in [2.75, 3.05) is 18.0 Å². The highest BCUT2D eigenvalue weighted by Gasteiger charge is 2.23. The third kappa shape index (κ3) is 2.48. The summed E-state index contributed by atoms with van der Waals surface area (Å²) in [7, 11) is 0. The molecule has 1 N–H and O–H groups in total. The van der Waals surface area contributed by atoms with E-state index in [-0.39, 0.29) is 18.8 Å². The van der Waals surface area contributed by atoms with Crippen molar-refractivity contribution < 1.29 is 9.84 Å². The summed E-state index contributed by atoms with van der Waals surface area (Å²) in [5.41, 5.74) is 0.752. The number of aromatic nitrogens is 1. The smallest absolute Gasteiger partial charge is 0.185 e. The molecule has 1 aliphatic rings. The van der Waals surface area contributed by atoms with Gasteiger partial charge in [0.25, 0.3) is 0 Å². The summed E-state index contributed by atoms with van der Waals surface area (Å²) in [4.78, 5) is 6.59. The number of hydrogen-bond donors (Lipinski definition) is 1. The van der Waals surface area contributed by atoms with Crippen LogP contribution >= 0.6 is 11.3 Å². The van der Waals surface area contributed by atoms with Gasteiger partial charge in [0, 0.05) is 18.5 Å². The highest BCUT2D eigenvalue weighted by Crippen LogP contribution is 2.24. The number of rotatable bonds is 2. The van der Waals surface area contributed by atoms with E-state index in [9.17, 15) is 0 Å². The molecule has 4 nitrogen and oxygen atoms in total. The van der Waals surface area contributed by atoms with Crippen molar-refractivity contribution in [1.82, 2.24) is 4.98 Å². The first-order chi connectivity index (χ1) is 7.19. The molecule has 2 unspecified atom stereocenters. The molecule has 0 amide bonds. The maximum atomic E-state index is 8.95. The molecule has 0 bridgehead atoms. The van der Waals surface area contributed by atoms with Crippen LogP contribution in [0.4, 0.5) is 5.13 Å². The lowest BCUT2D eigenvalue weighted by atomic mass is 10.2. The molecule has 1 aromatic rings. The Morgan fingerprint density at radius 2 is 2.20 bits per heavy atom. The second-order valence-electron chi connectivity index (χ2n) is 3.94. The predicted octanol–water partition coefficient (Wildman–Crippen LogP) is 1.25. The molecular weight excluding hydrogens is 212 g/mol. The highest BCUT2D eigenvalue weighted by atomic mass is 32.1. The normalized spacial score (nSPS) is 27.0. The molecule has 0 saturated carbocycles. The molecule has 2 atom stereocenters. The molecule has 0 spiro atoms. The average Bonchev–Trinajstić information content (AvgIpc) is 2.64. The molecule has 2 rings (SSSR count). The maximum absolute atomic E-state index is 8.95. The van der Waals surface area contributed by atoms with Gasteiger partial charge in [-0.15, -0.1) is 11.3 Å². The van der Waals surface area contributed by atoms with E-state index in [1.54, 1.807) is 11.3 Å². The van der Waals surface area contributed by atoms with Crippen LogP contribution in [-0.4, -0.2) is 35.4 Å². The molecule has 5 heteroatoms. The zero-order valence-electron chi connectivity index (χ0n) is 9.01. The number of morpholine rings is 1. The van der Waals surface area contributed by atoms with E-state index in [0.29, 0.717) is 0 Å². The Morgan fingerprint density at radius 3 is 2.73 bits per heavy atom. The van der Waals surface area contributed by atoms with Crippen LogP contribution in [0.2, 0.25) is 0 Å². The van der Waals surface area contributed by atoms with Crippen LogP contribution in [-0.2, 0) is 11.3 Å². The van der Waals surface area contributed by atoms with Crippen molar-refractivity contribution in [2.45, 2.75) is 32.7 Å². The lowest BCUT2D eigenvalue weighted by Gasteiger charge is -2.35. The molecule has 1 aliphatic heterocycles. The van der Waals surface area contributed by atoms with Gasteiger partial charge in [0.2, 0.25) is 0 Å². The molecular formula is C10H16N2O2S. The van der Waals surface area contributed by atoms with E-state index in [1.165, 1.54) is 0 Å². The van der Waals surface area contributed by atoms with E-state index >= 15 is 0 Å². The van der Waals surface area contributed by atoms with E-state index in [1.807, 2.05) is 5.38 Å². The number of aliphatic hydroxyl groups is 1. The van der Waals surface area contributed by atoms with E-state index in [4.69, 9.17) is 9.84 Å². The predicted molar refractivity (Wildman–Crippen MR) is 60.3 cm³/mol. The van der Waals surface area contributed by atoms with Crippen molar-refractivity contribution in [1.29, 1.82) is 0 Å². The third-order valence-corrected chi connectivity index (χ3v) is 3.34. The molecule has 2 heterocycles. The van der Waals surface area contributed by atoms with Crippen LogP contribution in [0.1, 0.15) is 19.5 Å². The summed E-state index contributed by atoms with van der Waals surface area (Å²) < 4.78 is 5.66. The fourth-order valence-electron chi connectivity index (χ4n) is 1.85. The highest BCUT2D eigenvalue weighted by molar-refractivity contribution is 7.13. The summed E-state index contributed by atoms with van der Waals surface area (Å²) in [5, 5.41) is 11.8. The fraction of sp³-hybridized carbons (Fsp3) is 0.700. The van der Waals surface area contributed by atoms with Crippen molar-refractivity contribution in [3.63, 3.8) is 0 Å². The second kappa shape index (κ2) is 4.47. The van der Waals surface area contributed by atoms with Crippen LogP contribution in [0.25, 0.3) is 0 Å². The first-order valence-electron chi connectivity index (χ1n) is 5.14. The lowest BCUT2D eigenvalue weighted by Crippen LogP contribution is -2.45. The molecule has 1 aromatic heterocycles. The average molecular weight is 228 g/mol. The SMILES string of the molecule is CC1CN(c2nc(CO)cs2)CC(C)O1. The fourth-order valence-corrected chi connectivity index (χ4v) is 2.69. The van der Waals surface area contributed by atoms with E-state index in [0.717, 1.165) is 23.9 Å². The Balaban J connectivity index is 2.09. The Bertz CT molecular complexity index is 319. The van der Waals surface area contributed by atoms with E-state index < -0.39 is 0 Å². The Morgan fingerprint density at radius 1 is 1.53 bits per heavy atom. The first-order valence-corrected chi connectivity index (χ1v) is 6.02. The Hall–Kier alpha value is -0.650. The first kappa shape index (κ1) is 10.9. The van der Waals surface area contributed by atoms with Gasteiger partial charge in [-0.3, -0.25) is 0 Å². The zero-order chi connectivity index (χ0) is 10.8. The summed E-state index contributed by atoms with van der Waals surface area (Å²) >= 11 is 1.58. The number of nitrogens with zero attached hydrogens (tertiary/aromatic N) is 2. The summed E-state index contributed by atoms with van der Waals surface area (Å²) in [6.45, 7) is 5.92. The molecule has 84 valence electrons. The summed E-state index contributed by atoms with van der Waals surface area (Å²) in [6, 6.07) is 0. The number of anilines is 1. The number of thiazole rings is 1. The Labute approximate surface area is 93.5 Å². The minimum atomic E-state index is 0.0198. The van der Waals surface area contributed by atoms with Gasteiger partial charge < -0.3 is 14.7 Å². The summed E-state index contributed by atoms with van der Waals surface area (Å²) in [6.07, 6.45) is 0.491. The molecule has 0 aliphatic carbocycles. The number of aliphatic hydroxyl groups excluding tert-OH is 1. The van der Waals surface area contributed by atoms with Gasteiger partial charge in [-0.2, -0.15) is 0 Å². The Kier molecular flexibility index (Phi) is 3.23. The quantitative estimate of drug-likeness (QED) is 0.827. The van der Waals surface area contributed by atoms with Crippen LogP contribution in [0.3, 0.4) is 0 Å². The standard InChI is InChI=1S/C10H16N2O2S/c1-7-3-12(4-8(2)14-7)10-11-9(5-13)6-15-10/h6-8,13H,3-5H2,1-2H3. The molecule has 0 aromatic carbocycles. The van der Waals surface area contributed by atoms with Gasteiger partial charge in [-0.1, -0.05) is 0 Å². The third-order valence-electron chi connectivity index (χ3n) is 2.39. The molecule has 1 fully saturated rings. The molecule has 1 saturated heterocycles. The number of ether oxygens (including phenoxy) is 1. The molecule has 0 radical (unpaired) electrons. The minimum Gasteiger partial charge on any atom is -0.390 e. The van der Waals surface area contributed by atoms with Gasteiger partial charge in [-0.25, -0.2) is 4.98 Å². The van der Waals surface area contributed by atoms with Gasteiger partial charge in [0.1, 0.15) is 0 Å². The van der Waals surface area contributed by atoms with Gasteiger partial charge in [0.15, 0.2) is 5.13 Å². The van der Waals surface area contributed by atoms with Gasteiger partial charge in [0.05, 0.1) is 24.5 Å². The lowest BCUT2D eigenvalue weighted by molar-refractivity contribution is -0.00523. The monoisotopic (exact) mass is 228 g/mol. The van der Waals surface area contributed by atoms with Gasteiger partial charge in [-0.05, 0) is 13.8 Å². The summed E-state index contributed by atoms with van der Waals surface area (Å²) in [5.74, 6) is 0. The van der Waals surface area contributed by atoms with E-state index in [2.05, 4.69) is 23.7 Å². The van der Waals surface area contributed by atoms with Crippen LogP contribution in [0, 0.1) is 0 Å². The van der Waals surface area contributed by atoms with Crippen molar-refractivity contribution in [2.24, 2.45) is 0 Å². The van der Waals surface area contributed by atoms with Crippen molar-refractivity contribution in [3.05, 3.63) is 11.1 Å². The van der Waals surface area contributed by atoms with Crippen molar-refractivity contribution >= 4 is 16.5 Å². The largest absolute Gasteiger partial charge is 0.390 e. The second-order valence-corrected chi connectivity index (χ2v) is 4.78. The zero-order valence-corrected chi connectivity index (χ0v) is 9.83. The number of hydrogen-bond acceptors (Lipinski definition) is 5. The minimum absolute atomic E-state index is 0.0198. The van der Waals surface area contributed by atoms with Gasteiger partial charge >= 0.3 is 0 Å². The van der Waals surface area contributed by atoms with Crippen LogP contribution < -0.4 is 4.90 Å². The molecule has 15 heavy (non-hydrogen) atoms. The van der Waals surface area contributed by atoms with Crippen LogP contribution in [0.5, 0.6) is 0 Å². The van der Waals surface area contributed by atoms with Crippen LogP contribution in [0.15, 0.2) is 5.38 Å². The maximum Gasteiger partial charge on any atom is 0.185 e. The topological polar surface area (TPSA) is 45.6 Å². The van der Waals surface area contributed by atoms with Crippen molar-refractivity contribution in [3.8, 4) is 0 Å².